The third kappa shape index (κ3) is 3.84. The zero-order valence-electron chi connectivity index (χ0n) is 10.8. The molecule has 0 aromatic heterocycles. The van der Waals surface area contributed by atoms with Crippen LogP contribution in [0.2, 0.25) is 0 Å². The van der Waals surface area contributed by atoms with Crippen LogP contribution in [0, 0.1) is 5.82 Å². The molecule has 0 heterocycles. The average molecular weight is 293 g/mol. The predicted molar refractivity (Wildman–Crippen MR) is 75.2 cm³/mol. The first-order valence-corrected chi connectivity index (χ1v) is 7.11. The fourth-order valence-electron chi connectivity index (χ4n) is 1.83. The molecule has 0 saturated heterocycles. The number of hydrogen-bond donors (Lipinski definition) is 0. The van der Waals surface area contributed by atoms with Gasteiger partial charge in [0.1, 0.15) is 5.82 Å². The van der Waals surface area contributed by atoms with E-state index in [1.165, 1.54) is 6.07 Å². The summed E-state index contributed by atoms with van der Waals surface area (Å²) >= 11 is 12.1. The van der Waals surface area contributed by atoms with Gasteiger partial charge in [0, 0.05) is 23.8 Å². The Morgan fingerprint density at radius 3 is 2.33 bits per heavy atom. The number of ether oxygens (including phenoxy) is 1. The first-order valence-electron chi connectivity index (χ1n) is 6.04. The lowest BCUT2D eigenvalue weighted by Crippen LogP contribution is -2.33. The van der Waals surface area contributed by atoms with Crippen molar-refractivity contribution in [3.8, 4) is 0 Å². The van der Waals surface area contributed by atoms with Gasteiger partial charge < -0.3 is 4.74 Å². The molecule has 0 radical (unpaired) electrons. The molecule has 0 aliphatic carbocycles. The molecule has 18 heavy (non-hydrogen) atoms. The Balaban J connectivity index is 2.89. The average Bonchev–Trinajstić information content (AvgIpc) is 2.36. The highest BCUT2D eigenvalue weighted by molar-refractivity contribution is 6.22. The number of alkyl halides is 2. The normalized spacial score (nSPS) is 12.1. The van der Waals surface area contributed by atoms with Gasteiger partial charge in [-0.05, 0) is 31.9 Å². The van der Waals surface area contributed by atoms with E-state index in [0.29, 0.717) is 18.6 Å². The van der Waals surface area contributed by atoms with Crippen molar-refractivity contribution in [3.63, 3.8) is 0 Å². The Kier molecular flexibility index (Phi) is 6.40. The molecule has 0 amide bonds. The molecule has 0 spiro atoms. The molecule has 1 aromatic rings. The van der Waals surface area contributed by atoms with Gasteiger partial charge in [0.25, 0.3) is 0 Å². The molecule has 1 aromatic carbocycles. The fraction of sp³-hybridized carbons (Fsp3) is 0.571. The molecule has 0 saturated carbocycles. The van der Waals surface area contributed by atoms with Gasteiger partial charge in [-0.25, -0.2) is 4.39 Å². The third-order valence-corrected chi connectivity index (χ3v) is 4.01. The van der Waals surface area contributed by atoms with Crippen LogP contribution in [-0.2, 0) is 10.2 Å². The minimum atomic E-state index is -0.566. The van der Waals surface area contributed by atoms with Crippen LogP contribution in [0.3, 0.4) is 0 Å². The van der Waals surface area contributed by atoms with Gasteiger partial charge in [-0.15, -0.1) is 23.2 Å². The van der Waals surface area contributed by atoms with Crippen molar-refractivity contribution in [3.05, 3.63) is 35.6 Å². The van der Waals surface area contributed by atoms with E-state index in [-0.39, 0.29) is 23.7 Å². The van der Waals surface area contributed by atoms with Crippen LogP contribution in [-0.4, -0.2) is 24.5 Å². The first-order chi connectivity index (χ1) is 8.55. The summed E-state index contributed by atoms with van der Waals surface area (Å²) in [5.41, 5.74) is 0.00550. The monoisotopic (exact) mass is 292 g/mol. The zero-order chi connectivity index (χ0) is 13.6. The molecule has 0 unspecified atom stereocenters. The maximum absolute atomic E-state index is 13.9. The summed E-state index contributed by atoms with van der Waals surface area (Å²) in [7, 11) is 0. The second-order valence-corrected chi connectivity index (χ2v) is 5.23. The Hall–Kier alpha value is -0.310. The van der Waals surface area contributed by atoms with Gasteiger partial charge in [-0.3, -0.25) is 0 Å². The lowest BCUT2D eigenvalue weighted by Gasteiger charge is -2.30. The van der Waals surface area contributed by atoms with E-state index in [1.54, 1.807) is 18.2 Å². The Morgan fingerprint density at radius 1 is 1.22 bits per heavy atom. The minimum absolute atomic E-state index is 0.147. The minimum Gasteiger partial charge on any atom is -0.379 e. The molecule has 0 aliphatic heterocycles. The second-order valence-electron chi connectivity index (χ2n) is 4.70. The molecule has 1 nitrogen and oxygen atoms in total. The highest BCUT2D eigenvalue weighted by atomic mass is 35.5. The summed E-state index contributed by atoms with van der Waals surface area (Å²) in [4.78, 5) is 0. The topological polar surface area (TPSA) is 9.23 Å². The number of hydrogen-bond acceptors (Lipinski definition) is 1. The van der Waals surface area contributed by atoms with Gasteiger partial charge in [0.15, 0.2) is 0 Å². The molecule has 102 valence electrons. The van der Waals surface area contributed by atoms with Crippen molar-refractivity contribution in [1.82, 2.24) is 0 Å². The molecular formula is C14H19Cl2FO. The second kappa shape index (κ2) is 7.32. The van der Waals surface area contributed by atoms with E-state index in [1.807, 2.05) is 13.8 Å². The molecule has 0 N–H and O–H groups in total. The first kappa shape index (κ1) is 15.7. The Labute approximate surface area is 118 Å². The third-order valence-electron chi connectivity index (χ3n) is 2.99. The zero-order valence-corrected chi connectivity index (χ0v) is 12.3. The van der Waals surface area contributed by atoms with Crippen LogP contribution in [0.25, 0.3) is 0 Å². The van der Waals surface area contributed by atoms with E-state index < -0.39 is 5.41 Å². The number of halogens is 3. The van der Waals surface area contributed by atoms with Gasteiger partial charge in [0.2, 0.25) is 0 Å². The van der Waals surface area contributed by atoms with E-state index in [4.69, 9.17) is 27.9 Å². The van der Waals surface area contributed by atoms with Crippen molar-refractivity contribution in [2.75, 3.05) is 18.4 Å². The fourth-order valence-corrected chi connectivity index (χ4v) is 2.67. The van der Waals surface area contributed by atoms with Crippen LogP contribution in [0.15, 0.2) is 24.3 Å². The summed E-state index contributed by atoms with van der Waals surface area (Å²) in [5, 5.41) is 0. The Bertz CT molecular complexity index is 365. The van der Waals surface area contributed by atoms with E-state index in [9.17, 15) is 4.39 Å². The SMILES string of the molecule is CC(C)OCCC(CCl)(CCl)c1ccccc1F. The lowest BCUT2D eigenvalue weighted by atomic mass is 9.81. The molecule has 4 heteroatoms. The van der Waals surface area contributed by atoms with Crippen molar-refractivity contribution in [2.24, 2.45) is 0 Å². The summed E-state index contributed by atoms with van der Waals surface area (Å²) in [6.07, 6.45) is 0.757. The smallest absolute Gasteiger partial charge is 0.127 e. The maximum Gasteiger partial charge on any atom is 0.127 e. The Morgan fingerprint density at radius 2 is 1.83 bits per heavy atom. The standard InChI is InChI=1S/C14H19Cl2FO/c1-11(2)18-8-7-14(9-15,10-16)12-5-3-4-6-13(12)17/h3-6,11H,7-10H2,1-2H3. The molecular weight excluding hydrogens is 274 g/mol. The number of benzene rings is 1. The van der Waals surface area contributed by atoms with Crippen LogP contribution in [0.1, 0.15) is 25.8 Å². The summed E-state index contributed by atoms with van der Waals surface area (Å²) in [6, 6.07) is 6.65. The van der Waals surface area contributed by atoms with E-state index in [2.05, 4.69) is 0 Å². The van der Waals surface area contributed by atoms with Crippen molar-refractivity contribution < 1.29 is 9.13 Å². The molecule has 0 aliphatic rings. The van der Waals surface area contributed by atoms with Gasteiger partial charge >= 0.3 is 0 Å². The quantitative estimate of drug-likeness (QED) is 0.679. The summed E-state index contributed by atoms with van der Waals surface area (Å²) in [6.45, 7) is 4.45. The molecule has 0 bridgehead atoms. The summed E-state index contributed by atoms with van der Waals surface area (Å²) < 4.78 is 19.4. The molecule has 1 rings (SSSR count). The summed E-state index contributed by atoms with van der Waals surface area (Å²) in [5.74, 6) is 0.293. The maximum atomic E-state index is 13.9. The van der Waals surface area contributed by atoms with Gasteiger partial charge in [0.05, 0.1) is 6.10 Å². The van der Waals surface area contributed by atoms with Crippen LogP contribution in [0.4, 0.5) is 4.39 Å². The highest BCUT2D eigenvalue weighted by Gasteiger charge is 2.33. The predicted octanol–water partition coefficient (Wildman–Crippen LogP) is 4.36. The number of rotatable bonds is 7. The largest absolute Gasteiger partial charge is 0.379 e. The molecule has 0 fully saturated rings. The van der Waals surface area contributed by atoms with Crippen LogP contribution < -0.4 is 0 Å². The highest BCUT2D eigenvalue weighted by Crippen LogP contribution is 2.33. The van der Waals surface area contributed by atoms with Crippen LogP contribution in [0.5, 0.6) is 0 Å². The van der Waals surface area contributed by atoms with Crippen molar-refractivity contribution in [2.45, 2.75) is 31.8 Å². The van der Waals surface area contributed by atoms with Gasteiger partial charge in [-0.1, -0.05) is 18.2 Å². The van der Waals surface area contributed by atoms with Crippen molar-refractivity contribution in [1.29, 1.82) is 0 Å². The van der Waals surface area contributed by atoms with Crippen molar-refractivity contribution >= 4 is 23.2 Å². The molecule has 0 atom stereocenters. The lowest BCUT2D eigenvalue weighted by molar-refractivity contribution is 0.0675. The van der Waals surface area contributed by atoms with E-state index >= 15 is 0 Å². The van der Waals surface area contributed by atoms with Gasteiger partial charge in [-0.2, -0.15) is 0 Å². The van der Waals surface area contributed by atoms with E-state index in [0.717, 1.165) is 0 Å². The van der Waals surface area contributed by atoms with Crippen LogP contribution >= 0.6 is 23.2 Å².